The Kier molecular flexibility index (Phi) is 6.34. The van der Waals surface area contributed by atoms with E-state index in [0.717, 1.165) is 28.5 Å². The number of sulfonamides is 1. The second-order valence-corrected chi connectivity index (χ2v) is 9.28. The lowest BCUT2D eigenvalue weighted by atomic mass is 10.1. The maximum atomic E-state index is 12.4. The molecule has 0 bridgehead atoms. The van der Waals surface area contributed by atoms with Crippen molar-refractivity contribution in [2.24, 2.45) is 0 Å². The third-order valence-corrected chi connectivity index (χ3v) is 6.81. The van der Waals surface area contributed by atoms with Crippen LogP contribution in [-0.4, -0.2) is 45.2 Å². The summed E-state index contributed by atoms with van der Waals surface area (Å²) in [6.07, 6.45) is 1.63. The molecule has 2 amide bonds. The first-order valence-electron chi connectivity index (χ1n) is 9.45. The molecule has 1 fully saturated rings. The second-order valence-electron chi connectivity index (χ2n) is 7.16. The Bertz CT molecular complexity index is 1000. The number of amides is 2. The van der Waals surface area contributed by atoms with Crippen LogP contribution >= 0.6 is 0 Å². The van der Waals surface area contributed by atoms with Gasteiger partial charge in [-0.3, -0.25) is 9.59 Å². The van der Waals surface area contributed by atoms with Gasteiger partial charge in [-0.05, 0) is 35.7 Å². The van der Waals surface area contributed by atoms with Crippen molar-refractivity contribution in [3.63, 3.8) is 0 Å². The van der Waals surface area contributed by atoms with Crippen molar-refractivity contribution >= 4 is 27.5 Å². The predicted octanol–water partition coefficient (Wildman–Crippen LogP) is 1.92. The van der Waals surface area contributed by atoms with E-state index in [1.165, 1.54) is 20.2 Å². The average Bonchev–Trinajstić information content (AvgIpc) is 3.13. The molecule has 2 aromatic carbocycles. The molecule has 3 rings (SSSR count). The molecule has 0 unspecified atom stereocenters. The Hall–Kier alpha value is -2.71. The molecule has 8 heteroatoms. The molecule has 1 saturated heterocycles. The summed E-state index contributed by atoms with van der Waals surface area (Å²) in [4.78, 5) is 26.1. The van der Waals surface area contributed by atoms with E-state index in [2.05, 4.69) is 5.32 Å². The molecule has 29 heavy (non-hydrogen) atoms. The Morgan fingerprint density at radius 2 is 1.79 bits per heavy atom. The molecule has 0 aromatic heterocycles. The van der Waals surface area contributed by atoms with E-state index in [-0.39, 0.29) is 29.7 Å². The second kappa shape index (κ2) is 8.75. The molecule has 0 radical (unpaired) electrons. The predicted molar refractivity (Wildman–Crippen MR) is 111 cm³/mol. The van der Waals surface area contributed by atoms with Crippen LogP contribution in [0, 0.1) is 0 Å². The van der Waals surface area contributed by atoms with Gasteiger partial charge in [0.15, 0.2) is 0 Å². The molecule has 0 saturated carbocycles. The number of hydrogen-bond acceptors (Lipinski definition) is 4. The third kappa shape index (κ3) is 4.83. The van der Waals surface area contributed by atoms with Crippen LogP contribution in [0.2, 0.25) is 0 Å². The summed E-state index contributed by atoms with van der Waals surface area (Å²) in [6, 6.07) is 14.0. The molecular weight excluding hydrogens is 390 g/mol. The van der Waals surface area contributed by atoms with E-state index in [9.17, 15) is 18.0 Å². The topological polar surface area (TPSA) is 86.8 Å². The fourth-order valence-electron chi connectivity index (χ4n) is 3.25. The van der Waals surface area contributed by atoms with E-state index in [4.69, 9.17) is 0 Å². The first-order valence-corrected chi connectivity index (χ1v) is 10.9. The zero-order valence-electron chi connectivity index (χ0n) is 16.6. The normalized spacial score (nSPS) is 14.4. The van der Waals surface area contributed by atoms with E-state index in [1.54, 1.807) is 23.1 Å². The van der Waals surface area contributed by atoms with E-state index >= 15 is 0 Å². The molecule has 7 nitrogen and oxygen atoms in total. The summed E-state index contributed by atoms with van der Waals surface area (Å²) >= 11 is 0. The summed E-state index contributed by atoms with van der Waals surface area (Å²) < 4.78 is 26.0. The van der Waals surface area contributed by atoms with Crippen LogP contribution in [0.4, 0.5) is 5.69 Å². The molecule has 1 aliphatic heterocycles. The summed E-state index contributed by atoms with van der Waals surface area (Å²) in [5.41, 5.74) is 2.21. The Balaban J connectivity index is 1.62. The molecule has 1 N–H and O–H groups in total. The molecule has 0 atom stereocenters. The van der Waals surface area contributed by atoms with E-state index in [0.29, 0.717) is 12.0 Å². The minimum Gasteiger partial charge on any atom is -0.352 e. The Morgan fingerprint density at radius 3 is 2.41 bits per heavy atom. The van der Waals surface area contributed by atoms with Gasteiger partial charge in [-0.25, -0.2) is 12.7 Å². The number of nitrogens with zero attached hydrogens (tertiary/aromatic N) is 2. The van der Waals surface area contributed by atoms with Crippen molar-refractivity contribution < 1.29 is 18.0 Å². The Labute approximate surface area is 171 Å². The van der Waals surface area contributed by atoms with Gasteiger partial charge in [-0.15, -0.1) is 0 Å². The highest BCUT2D eigenvalue weighted by Crippen LogP contribution is 2.22. The number of carbonyl (C=O) groups is 2. The largest absolute Gasteiger partial charge is 0.352 e. The number of benzene rings is 2. The first kappa shape index (κ1) is 21.0. The maximum absolute atomic E-state index is 12.4. The van der Waals surface area contributed by atoms with Gasteiger partial charge >= 0.3 is 0 Å². The highest BCUT2D eigenvalue weighted by molar-refractivity contribution is 7.89. The molecule has 1 heterocycles. The van der Waals surface area contributed by atoms with Crippen molar-refractivity contribution in [3.05, 3.63) is 59.7 Å². The lowest BCUT2D eigenvalue weighted by molar-refractivity contribution is -0.120. The summed E-state index contributed by atoms with van der Waals surface area (Å²) in [6.45, 7) is 0.858. The average molecular weight is 416 g/mol. The van der Waals surface area contributed by atoms with Crippen LogP contribution in [0.1, 0.15) is 24.0 Å². The number of hydrogen-bond donors (Lipinski definition) is 1. The van der Waals surface area contributed by atoms with Crippen molar-refractivity contribution in [1.82, 2.24) is 9.62 Å². The van der Waals surface area contributed by atoms with Crippen molar-refractivity contribution in [3.8, 4) is 0 Å². The number of carbonyl (C=O) groups excluding carboxylic acids is 2. The minimum atomic E-state index is -3.58. The molecule has 2 aromatic rings. The standard InChI is InChI=1S/C21H25N3O4S/c1-23(2)29(27,28)19-7-4-3-6-17(19)15-22-20(25)14-16-9-11-18(12-10-16)24-13-5-8-21(24)26/h3-4,6-7,9-12H,5,8,13-15H2,1-2H3,(H,22,25). The van der Waals surface area contributed by atoms with Crippen molar-refractivity contribution in [2.75, 3.05) is 25.5 Å². The highest BCUT2D eigenvalue weighted by Gasteiger charge is 2.22. The number of rotatable bonds is 7. The smallest absolute Gasteiger partial charge is 0.242 e. The summed E-state index contributed by atoms with van der Waals surface area (Å²) in [5, 5.41) is 2.79. The van der Waals surface area contributed by atoms with Gasteiger partial charge < -0.3 is 10.2 Å². The van der Waals surface area contributed by atoms with Crippen LogP contribution in [0.5, 0.6) is 0 Å². The number of nitrogens with one attached hydrogen (secondary N) is 1. The zero-order valence-corrected chi connectivity index (χ0v) is 17.4. The van der Waals surface area contributed by atoms with Gasteiger partial charge in [0.25, 0.3) is 0 Å². The summed E-state index contributed by atoms with van der Waals surface area (Å²) in [7, 11) is -0.629. The van der Waals surface area contributed by atoms with Gasteiger partial charge in [-0.1, -0.05) is 30.3 Å². The van der Waals surface area contributed by atoms with Gasteiger partial charge in [0.05, 0.1) is 11.3 Å². The Morgan fingerprint density at radius 1 is 1.10 bits per heavy atom. The van der Waals surface area contributed by atoms with Gasteiger partial charge in [0, 0.05) is 39.3 Å². The minimum absolute atomic E-state index is 0.127. The zero-order chi connectivity index (χ0) is 21.0. The molecule has 154 valence electrons. The first-order chi connectivity index (χ1) is 13.8. The third-order valence-electron chi connectivity index (χ3n) is 4.89. The maximum Gasteiger partial charge on any atom is 0.242 e. The van der Waals surface area contributed by atoms with E-state index < -0.39 is 10.0 Å². The molecule has 0 aliphatic carbocycles. The lowest BCUT2D eigenvalue weighted by Gasteiger charge is -2.16. The number of anilines is 1. The fourth-order valence-corrected chi connectivity index (χ4v) is 4.37. The van der Waals surface area contributed by atoms with Gasteiger partial charge in [0.1, 0.15) is 0 Å². The van der Waals surface area contributed by atoms with Crippen LogP contribution < -0.4 is 10.2 Å². The van der Waals surface area contributed by atoms with Crippen LogP contribution in [0.15, 0.2) is 53.4 Å². The van der Waals surface area contributed by atoms with E-state index in [1.807, 2.05) is 24.3 Å². The van der Waals surface area contributed by atoms with Crippen LogP contribution in [0.3, 0.4) is 0 Å². The monoisotopic (exact) mass is 415 g/mol. The van der Waals surface area contributed by atoms with Crippen LogP contribution in [-0.2, 0) is 32.6 Å². The fraction of sp³-hybridized carbons (Fsp3) is 0.333. The quantitative estimate of drug-likeness (QED) is 0.749. The lowest BCUT2D eigenvalue weighted by Crippen LogP contribution is -2.28. The van der Waals surface area contributed by atoms with Crippen LogP contribution in [0.25, 0.3) is 0 Å². The van der Waals surface area contributed by atoms with Gasteiger partial charge in [0.2, 0.25) is 21.8 Å². The SMILES string of the molecule is CN(C)S(=O)(=O)c1ccccc1CNC(=O)Cc1ccc(N2CCCC2=O)cc1. The highest BCUT2D eigenvalue weighted by atomic mass is 32.2. The molecule has 0 spiro atoms. The molecular formula is C21H25N3O4S. The summed E-state index contributed by atoms with van der Waals surface area (Å²) in [5.74, 6) is -0.0751. The molecule has 1 aliphatic rings. The van der Waals surface area contributed by atoms with Crippen molar-refractivity contribution in [2.45, 2.75) is 30.7 Å². The van der Waals surface area contributed by atoms with Gasteiger partial charge in [-0.2, -0.15) is 0 Å². The van der Waals surface area contributed by atoms with Crippen molar-refractivity contribution in [1.29, 1.82) is 0 Å².